The van der Waals surface area contributed by atoms with Gasteiger partial charge in [0.05, 0.1) is 10.7 Å². The Morgan fingerprint density at radius 1 is 1.21 bits per heavy atom. The van der Waals surface area contributed by atoms with Crippen LogP contribution in [0.4, 0.5) is 0 Å². The van der Waals surface area contributed by atoms with Gasteiger partial charge in [-0.15, -0.1) is 0 Å². The maximum absolute atomic E-state index is 6.00. The molecule has 92 valence electrons. The fourth-order valence-corrected chi connectivity index (χ4v) is 2.31. The molecule has 6 heteroatoms. The molecule has 0 bridgehead atoms. The first kappa shape index (κ1) is 10.5. The summed E-state index contributed by atoms with van der Waals surface area (Å²) in [4.78, 5) is 11.5. The fraction of sp³-hybridized carbons (Fsp3) is 0. The number of aromatic amines is 1. The average molecular weight is 270 g/mol. The zero-order valence-electron chi connectivity index (χ0n) is 9.71. The molecule has 0 atom stereocenters. The van der Waals surface area contributed by atoms with Gasteiger partial charge in [-0.2, -0.15) is 5.10 Å². The predicted octanol–water partition coefficient (Wildman–Crippen LogP) is 2.93. The summed E-state index contributed by atoms with van der Waals surface area (Å²) in [6, 6.07) is 5.75. The lowest BCUT2D eigenvalue weighted by Gasteiger charge is -2.00. The van der Waals surface area contributed by atoms with E-state index in [1.807, 2.05) is 30.6 Å². The number of nitrogens with zero attached hydrogens (tertiary/aromatic N) is 4. The maximum Gasteiger partial charge on any atom is 0.153 e. The van der Waals surface area contributed by atoms with Crippen LogP contribution in [0.5, 0.6) is 0 Å². The van der Waals surface area contributed by atoms with E-state index in [0.29, 0.717) is 5.02 Å². The van der Waals surface area contributed by atoms with Crippen LogP contribution in [0, 0.1) is 0 Å². The van der Waals surface area contributed by atoms with Gasteiger partial charge < -0.3 is 4.98 Å². The van der Waals surface area contributed by atoms with Gasteiger partial charge >= 0.3 is 0 Å². The molecule has 4 aromatic rings. The van der Waals surface area contributed by atoms with Crippen molar-refractivity contribution in [2.75, 3.05) is 0 Å². The number of rotatable bonds is 1. The number of halogens is 1. The van der Waals surface area contributed by atoms with Crippen molar-refractivity contribution in [2.45, 2.75) is 0 Å². The lowest BCUT2D eigenvalue weighted by molar-refractivity contribution is 0.943. The predicted molar refractivity (Wildman–Crippen MR) is 73.1 cm³/mol. The molecule has 1 N–H and O–H groups in total. The molecular formula is C13H8ClN5. The SMILES string of the molecule is Clc1cnc2[nH]cc(-c3ccc4nccn4n3)c2c1. The van der Waals surface area contributed by atoms with Crippen molar-refractivity contribution in [3.05, 3.63) is 48.0 Å². The first-order valence-corrected chi connectivity index (χ1v) is 6.12. The third kappa shape index (κ3) is 1.59. The van der Waals surface area contributed by atoms with Crippen molar-refractivity contribution < 1.29 is 0 Å². The molecular weight excluding hydrogens is 262 g/mol. The monoisotopic (exact) mass is 269 g/mol. The average Bonchev–Trinajstić information content (AvgIpc) is 3.03. The Balaban J connectivity index is 2.00. The molecule has 4 heterocycles. The van der Waals surface area contributed by atoms with Gasteiger partial charge in [-0.25, -0.2) is 14.5 Å². The van der Waals surface area contributed by atoms with Crippen LogP contribution in [0.3, 0.4) is 0 Å². The second kappa shape index (κ2) is 3.80. The highest BCUT2D eigenvalue weighted by atomic mass is 35.5. The molecule has 0 aromatic carbocycles. The summed E-state index contributed by atoms with van der Waals surface area (Å²) in [5, 5.41) is 6.09. The molecule has 0 radical (unpaired) electrons. The molecule has 0 fully saturated rings. The molecule has 4 rings (SSSR count). The second-order valence-corrected chi connectivity index (χ2v) is 4.64. The minimum atomic E-state index is 0.608. The molecule has 5 nitrogen and oxygen atoms in total. The Morgan fingerprint density at radius 2 is 2.16 bits per heavy atom. The number of H-pyrrole nitrogens is 1. The quantitative estimate of drug-likeness (QED) is 0.578. The van der Waals surface area contributed by atoms with E-state index in [1.165, 1.54) is 0 Å². The van der Waals surface area contributed by atoms with Crippen molar-refractivity contribution in [2.24, 2.45) is 0 Å². The van der Waals surface area contributed by atoms with Crippen LogP contribution < -0.4 is 0 Å². The van der Waals surface area contributed by atoms with E-state index in [-0.39, 0.29) is 0 Å². The van der Waals surface area contributed by atoms with E-state index < -0.39 is 0 Å². The van der Waals surface area contributed by atoms with Crippen molar-refractivity contribution in [3.8, 4) is 11.3 Å². The Labute approximate surface area is 112 Å². The molecule has 0 saturated carbocycles. The number of hydrogen-bond acceptors (Lipinski definition) is 3. The van der Waals surface area contributed by atoms with Gasteiger partial charge in [0, 0.05) is 35.7 Å². The Hall–Kier alpha value is -2.40. The molecule has 0 aliphatic heterocycles. The van der Waals surface area contributed by atoms with Crippen LogP contribution in [0.15, 0.2) is 43.0 Å². The largest absolute Gasteiger partial charge is 0.345 e. The van der Waals surface area contributed by atoms with E-state index in [4.69, 9.17) is 11.6 Å². The summed E-state index contributed by atoms with van der Waals surface area (Å²) < 4.78 is 1.74. The summed E-state index contributed by atoms with van der Waals surface area (Å²) >= 11 is 6.00. The van der Waals surface area contributed by atoms with E-state index in [2.05, 4.69) is 20.1 Å². The van der Waals surface area contributed by atoms with Crippen molar-refractivity contribution in [3.63, 3.8) is 0 Å². The van der Waals surface area contributed by atoms with E-state index in [9.17, 15) is 0 Å². The molecule has 0 aliphatic rings. The van der Waals surface area contributed by atoms with Gasteiger partial charge in [0.15, 0.2) is 5.65 Å². The van der Waals surface area contributed by atoms with Gasteiger partial charge in [-0.1, -0.05) is 11.6 Å². The molecule has 0 spiro atoms. The number of aromatic nitrogens is 5. The highest BCUT2D eigenvalue weighted by molar-refractivity contribution is 6.31. The Bertz CT molecular complexity index is 892. The summed E-state index contributed by atoms with van der Waals surface area (Å²) in [6.07, 6.45) is 7.05. The smallest absolute Gasteiger partial charge is 0.153 e. The summed E-state index contributed by atoms with van der Waals surface area (Å²) in [5.41, 5.74) is 3.44. The zero-order chi connectivity index (χ0) is 12.8. The zero-order valence-corrected chi connectivity index (χ0v) is 10.5. The van der Waals surface area contributed by atoms with Gasteiger partial charge in [0.1, 0.15) is 5.65 Å². The van der Waals surface area contributed by atoms with Gasteiger partial charge in [-0.05, 0) is 18.2 Å². The molecule has 0 amide bonds. The highest BCUT2D eigenvalue weighted by Crippen LogP contribution is 2.27. The van der Waals surface area contributed by atoms with Crippen molar-refractivity contribution in [1.82, 2.24) is 24.6 Å². The first-order valence-electron chi connectivity index (χ1n) is 5.75. The topological polar surface area (TPSA) is 58.9 Å². The number of fused-ring (bicyclic) bond motifs is 2. The van der Waals surface area contributed by atoms with Gasteiger partial charge in [0.25, 0.3) is 0 Å². The van der Waals surface area contributed by atoms with Gasteiger partial charge in [0.2, 0.25) is 0 Å². The number of imidazole rings is 1. The minimum absolute atomic E-state index is 0.608. The van der Waals surface area contributed by atoms with Crippen molar-refractivity contribution in [1.29, 1.82) is 0 Å². The van der Waals surface area contributed by atoms with Crippen LogP contribution in [0.1, 0.15) is 0 Å². The molecule has 0 unspecified atom stereocenters. The molecule has 0 aliphatic carbocycles. The minimum Gasteiger partial charge on any atom is -0.345 e. The van der Waals surface area contributed by atoms with E-state index >= 15 is 0 Å². The van der Waals surface area contributed by atoms with E-state index in [0.717, 1.165) is 27.9 Å². The van der Waals surface area contributed by atoms with Gasteiger partial charge in [-0.3, -0.25) is 0 Å². The van der Waals surface area contributed by atoms with Crippen molar-refractivity contribution >= 4 is 28.3 Å². The first-order chi connectivity index (χ1) is 9.31. The second-order valence-electron chi connectivity index (χ2n) is 4.20. The van der Waals surface area contributed by atoms with Crippen LogP contribution in [0.25, 0.3) is 27.9 Å². The van der Waals surface area contributed by atoms with Crippen LogP contribution in [0.2, 0.25) is 5.02 Å². The summed E-state index contributed by atoms with van der Waals surface area (Å²) in [7, 11) is 0. The molecule has 4 aromatic heterocycles. The Kier molecular flexibility index (Phi) is 2.10. The lowest BCUT2D eigenvalue weighted by atomic mass is 10.1. The fourth-order valence-electron chi connectivity index (χ4n) is 2.15. The normalized spacial score (nSPS) is 11.4. The third-order valence-electron chi connectivity index (χ3n) is 3.03. The number of pyridine rings is 1. The third-order valence-corrected chi connectivity index (χ3v) is 3.24. The molecule has 0 saturated heterocycles. The number of nitrogens with one attached hydrogen (secondary N) is 1. The van der Waals surface area contributed by atoms with E-state index in [1.54, 1.807) is 16.9 Å². The van der Waals surface area contributed by atoms with Crippen LogP contribution in [-0.2, 0) is 0 Å². The number of hydrogen-bond donors (Lipinski definition) is 1. The standard InChI is InChI=1S/C13H8ClN5/c14-8-5-9-10(7-17-13(9)16-6-8)11-1-2-12-15-3-4-19(12)18-11/h1-7H,(H,16,17). The Morgan fingerprint density at radius 3 is 3.11 bits per heavy atom. The lowest BCUT2D eigenvalue weighted by Crippen LogP contribution is -1.92. The molecule has 19 heavy (non-hydrogen) atoms. The summed E-state index contributed by atoms with van der Waals surface area (Å²) in [5.74, 6) is 0. The van der Waals surface area contributed by atoms with Crippen LogP contribution >= 0.6 is 11.6 Å². The highest BCUT2D eigenvalue weighted by Gasteiger charge is 2.09. The summed E-state index contributed by atoms with van der Waals surface area (Å²) in [6.45, 7) is 0. The van der Waals surface area contributed by atoms with Crippen LogP contribution in [-0.4, -0.2) is 24.6 Å². The maximum atomic E-state index is 6.00.